The highest BCUT2D eigenvalue weighted by Gasteiger charge is 2.49. The molecule has 1 unspecified atom stereocenters. The van der Waals surface area contributed by atoms with Crippen LogP contribution in [-0.4, -0.2) is 59.4 Å². The maximum atomic E-state index is 14.4. The number of halogens is 1. The van der Waals surface area contributed by atoms with Crippen LogP contribution in [0.3, 0.4) is 0 Å². The lowest BCUT2D eigenvalue weighted by Crippen LogP contribution is -2.44. The quantitative estimate of drug-likeness (QED) is 0.562. The number of rotatable bonds is 4. The smallest absolute Gasteiger partial charge is 0.318 e. The first-order chi connectivity index (χ1) is 19.5. The lowest BCUT2D eigenvalue weighted by Gasteiger charge is -2.43. The number of nitrogens with two attached hydrogens (primary N) is 1. The molecule has 3 fully saturated rings. The Morgan fingerprint density at radius 2 is 2.08 bits per heavy atom. The third-order valence-electron chi connectivity index (χ3n) is 10.1. The normalized spacial score (nSPS) is 31.8. The van der Waals surface area contributed by atoms with Crippen molar-refractivity contribution in [2.45, 2.75) is 88.1 Å². The molecule has 1 aromatic heterocycles. The Kier molecular flexibility index (Phi) is 6.59. The molecule has 5 aliphatic rings. The number of nitrogens with zero attached hydrogens (tertiary/aromatic N) is 5. The zero-order chi connectivity index (χ0) is 27.3. The Labute approximate surface area is 235 Å². The van der Waals surface area contributed by atoms with E-state index in [1.807, 2.05) is 6.07 Å². The molecule has 2 aromatic rings. The third-order valence-corrected chi connectivity index (χ3v) is 10.1. The highest BCUT2D eigenvalue weighted by molar-refractivity contribution is 5.54. The summed E-state index contributed by atoms with van der Waals surface area (Å²) in [6, 6.07) is 9.03. The van der Waals surface area contributed by atoms with E-state index in [2.05, 4.69) is 28.0 Å². The molecule has 1 aliphatic carbocycles. The minimum absolute atomic E-state index is 0.0746. The molecule has 4 aliphatic heterocycles. The number of hydrogen-bond acceptors (Lipinski definition) is 8. The molecule has 1 spiro atoms. The van der Waals surface area contributed by atoms with Gasteiger partial charge < -0.3 is 20.1 Å². The molecule has 4 atom stereocenters. The van der Waals surface area contributed by atoms with Gasteiger partial charge in [-0.05, 0) is 81.2 Å². The first kappa shape index (κ1) is 26.0. The van der Waals surface area contributed by atoms with Gasteiger partial charge in [0.2, 0.25) is 0 Å². The lowest BCUT2D eigenvalue weighted by atomic mass is 9.74. The van der Waals surface area contributed by atoms with Crippen molar-refractivity contribution in [2.24, 2.45) is 5.92 Å². The number of aryl methyl sites for hydroxylation is 1. The van der Waals surface area contributed by atoms with Crippen LogP contribution in [-0.2, 0) is 29.8 Å². The Balaban J connectivity index is 1.24. The molecule has 3 saturated heterocycles. The van der Waals surface area contributed by atoms with Crippen LogP contribution in [0.2, 0.25) is 0 Å². The van der Waals surface area contributed by atoms with Crippen LogP contribution in [0.25, 0.3) is 0 Å². The maximum absolute atomic E-state index is 14.4. The van der Waals surface area contributed by atoms with Gasteiger partial charge in [0, 0.05) is 49.6 Å². The summed E-state index contributed by atoms with van der Waals surface area (Å²) >= 11 is 0. The summed E-state index contributed by atoms with van der Waals surface area (Å²) in [6.45, 7) is 3.87. The standard InChI is InChI=1S/C31H39FN6O2/c32-23-15-30(9-3-12-38(30)18-23)20-39-29-35-27-16-31(10-1-5-22-6-7-24(34)14-26(22)31)40-19-25(27)28(36-29)37-11-2-4-21(17-33)8-13-37/h6-7,14,21,23H,1-5,8-13,15-16,18-20,34H2/t21?,23-,30+,31+/m1/s1. The zero-order valence-corrected chi connectivity index (χ0v) is 23.2. The van der Waals surface area contributed by atoms with Crippen molar-refractivity contribution in [3.8, 4) is 12.1 Å². The van der Waals surface area contributed by atoms with E-state index in [0.717, 1.165) is 93.8 Å². The minimum atomic E-state index is -0.801. The molecule has 0 amide bonds. The fraction of sp³-hybridized carbons (Fsp3) is 0.645. The van der Waals surface area contributed by atoms with Crippen molar-refractivity contribution >= 4 is 11.5 Å². The van der Waals surface area contributed by atoms with Crippen LogP contribution in [0.1, 0.15) is 73.8 Å². The molecule has 5 heterocycles. The van der Waals surface area contributed by atoms with E-state index in [-0.39, 0.29) is 11.5 Å². The summed E-state index contributed by atoms with van der Waals surface area (Å²) in [5.74, 6) is 0.943. The van der Waals surface area contributed by atoms with Crippen LogP contribution in [0.5, 0.6) is 6.01 Å². The average molecular weight is 547 g/mol. The largest absolute Gasteiger partial charge is 0.461 e. The molecule has 212 valence electrons. The molecule has 8 nitrogen and oxygen atoms in total. The van der Waals surface area contributed by atoms with E-state index in [0.29, 0.717) is 38.6 Å². The first-order valence-corrected chi connectivity index (χ1v) is 15.1. The molecule has 1 aromatic carbocycles. The summed E-state index contributed by atoms with van der Waals surface area (Å²) in [5, 5.41) is 9.54. The molecule has 2 N–H and O–H groups in total. The molecule has 9 heteroatoms. The van der Waals surface area contributed by atoms with E-state index in [9.17, 15) is 9.65 Å². The number of ether oxygens (including phenoxy) is 2. The summed E-state index contributed by atoms with van der Waals surface area (Å²) in [6.07, 6.45) is 8.04. The first-order valence-electron chi connectivity index (χ1n) is 15.1. The molecule has 0 saturated carbocycles. The molecular weight excluding hydrogens is 507 g/mol. The van der Waals surface area contributed by atoms with Crippen molar-refractivity contribution in [1.29, 1.82) is 5.26 Å². The van der Waals surface area contributed by atoms with Gasteiger partial charge in [0.05, 0.1) is 29.5 Å². The van der Waals surface area contributed by atoms with Crippen molar-refractivity contribution in [2.75, 3.05) is 43.4 Å². The Hall–Kier alpha value is -2.96. The van der Waals surface area contributed by atoms with E-state index in [1.54, 1.807) is 0 Å². The predicted molar refractivity (Wildman–Crippen MR) is 150 cm³/mol. The lowest BCUT2D eigenvalue weighted by molar-refractivity contribution is -0.0855. The van der Waals surface area contributed by atoms with Crippen molar-refractivity contribution < 1.29 is 13.9 Å². The molecule has 40 heavy (non-hydrogen) atoms. The minimum Gasteiger partial charge on any atom is -0.461 e. The maximum Gasteiger partial charge on any atom is 0.318 e. The second-order valence-corrected chi connectivity index (χ2v) is 12.6. The second kappa shape index (κ2) is 10.1. The monoisotopic (exact) mass is 546 g/mol. The number of benzene rings is 1. The molecule has 0 bridgehead atoms. The van der Waals surface area contributed by atoms with Crippen LogP contribution in [0, 0.1) is 17.2 Å². The number of fused-ring (bicyclic) bond motifs is 4. The van der Waals surface area contributed by atoms with Gasteiger partial charge >= 0.3 is 6.01 Å². The van der Waals surface area contributed by atoms with Gasteiger partial charge in [-0.1, -0.05) is 6.07 Å². The Morgan fingerprint density at radius 1 is 1.15 bits per heavy atom. The number of nitriles is 1. The summed E-state index contributed by atoms with van der Waals surface area (Å²) < 4.78 is 27.6. The van der Waals surface area contributed by atoms with E-state index >= 15 is 0 Å². The van der Waals surface area contributed by atoms with Crippen molar-refractivity contribution in [3.63, 3.8) is 0 Å². The topological polar surface area (TPSA) is 101 Å². The predicted octanol–water partition coefficient (Wildman–Crippen LogP) is 4.45. The number of alkyl halides is 1. The van der Waals surface area contributed by atoms with Crippen LogP contribution < -0.4 is 15.4 Å². The van der Waals surface area contributed by atoms with Gasteiger partial charge in [-0.2, -0.15) is 15.2 Å². The Morgan fingerprint density at radius 3 is 2.98 bits per heavy atom. The number of nitrogen functional groups attached to an aromatic ring is 1. The zero-order valence-electron chi connectivity index (χ0n) is 23.2. The van der Waals surface area contributed by atoms with Crippen LogP contribution in [0.15, 0.2) is 18.2 Å². The number of hydrogen-bond donors (Lipinski definition) is 1. The highest BCUT2D eigenvalue weighted by Crippen LogP contribution is 2.47. The van der Waals surface area contributed by atoms with Crippen LogP contribution in [0.4, 0.5) is 15.9 Å². The summed E-state index contributed by atoms with van der Waals surface area (Å²) in [5.41, 5.74) is 10.7. The average Bonchev–Trinajstić information content (AvgIpc) is 3.36. The summed E-state index contributed by atoms with van der Waals surface area (Å²) in [7, 11) is 0. The number of anilines is 2. The molecular formula is C31H39FN6O2. The Bertz CT molecular complexity index is 1330. The van der Waals surface area contributed by atoms with Gasteiger partial charge in [-0.25, -0.2) is 4.39 Å². The van der Waals surface area contributed by atoms with Crippen molar-refractivity contribution in [3.05, 3.63) is 40.6 Å². The molecule has 0 radical (unpaired) electrons. The fourth-order valence-electron chi connectivity index (χ4n) is 8.00. The number of aromatic nitrogens is 2. The van der Waals surface area contributed by atoms with Gasteiger partial charge in [0.15, 0.2) is 0 Å². The summed E-state index contributed by atoms with van der Waals surface area (Å²) in [4.78, 5) is 14.6. The van der Waals surface area contributed by atoms with Crippen molar-refractivity contribution in [1.82, 2.24) is 14.9 Å². The van der Waals surface area contributed by atoms with E-state index in [4.69, 9.17) is 25.2 Å². The SMILES string of the molecule is N#CC1CCCN(c2nc(OC[C@@]34CCCN3C[C@H](F)C4)nc3c2CO[C@@]2(CCCc4ccc(N)cc42)C3)CC1. The second-order valence-electron chi connectivity index (χ2n) is 12.6. The third kappa shape index (κ3) is 4.50. The van der Waals surface area contributed by atoms with Gasteiger partial charge in [0.1, 0.15) is 18.6 Å². The van der Waals surface area contributed by atoms with Gasteiger partial charge in [-0.15, -0.1) is 0 Å². The van der Waals surface area contributed by atoms with E-state index in [1.165, 1.54) is 11.1 Å². The van der Waals surface area contributed by atoms with E-state index < -0.39 is 11.8 Å². The van der Waals surface area contributed by atoms with Gasteiger partial charge in [-0.3, -0.25) is 4.90 Å². The molecule has 7 rings (SSSR count). The fourth-order valence-corrected chi connectivity index (χ4v) is 8.00. The van der Waals surface area contributed by atoms with Crippen LogP contribution >= 0.6 is 0 Å². The van der Waals surface area contributed by atoms with Gasteiger partial charge in [0.25, 0.3) is 0 Å². The highest BCUT2D eigenvalue weighted by atomic mass is 19.1.